The van der Waals surface area contributed by atoms with E-state index in [2.05, 4.69) is 0 Å². The van der Waals surface area contributed by atoms with Crippen molar-refractivity contribution in [3.05, 3.63) is 71.4 Å². The van der Waals surface area contributed by atoms with Crippen LogP contribution in [0, 0.1) is 11.8 Å². The lowest BCUT2D eigenvalue weighted by Gasteiger charge is -2.30. The van der Waals surface area contributed by atoms with Crippen molar-refractivity contribution in [1.82, 2.24) is 0 Å². The molecule has 1 rings (SSSR count). The highest BCUT2D eigenvalue weighted by Gasteiger charge is 2.35. The van der Waals surface area contributed by atoms with Gasteiger partial charge < -0.3 is 45.8 Å². The first-order chi connectivity index (χ1) is 21.7. The predicted molar refractivity (Wildman–Crippen MR) is 172 cm³/mol. The van der Waals surface area contributed by atoms with Gasteiger partial charge in [0.15, 0.2) is 0 Å². The highest BCUT2D eigenvalue weighted by Crippen LogP contribution is 2.27. The van der Waals surface area contributed by atoms with Crippen LogP contribution in [0.15, 0.2) is 71.4 Å². The maximum absolute atomic E-state index is 12.0. The molecule has 258 valence electrons. The Labute approximate surface area is 274 Å². The van der Waals surface area contributed by atoms with Gasteiger partial charge >= 0.3 is 18.0 Å². The number of nitrogens with two attached hydrogens (primary N) is 1. The second-order valence-electron chi connectivity index (χ2n) is 11.2. The van der Waals surface area contributed by atoms with Crippen molar-refractivity contribution in [3.63, 3.8) is 0 Å². The number of aliphatic carboxylic acids is 1. The lowest BCUT2D eigenvalue weighted by atomic mass is 9.85. The molecule has 13 heteroatoms. The molecular weight excluding hydrogens is 622 g/mol. The number of allylic oxidation sites excluding steroid dienone is 9. The molecule has 1 saturated carbocycles. The topological polar surface area (TPSA) is 217 Å². The molecule has 0 aromatic carbocycles. The van der Waals surface area contributed by atoms with E-state index in [4.69, 9.17) is 31.9 Å². The van der Waals surface area contributed by atoms with Crippen molar-refractivity contribution in [2.75, 3.05) is 0 Å². The molecule has 0 spiro atoms. The molecule has 0 aliphatic heterocycles. The van der Waals surface area contributed by atoms with Crippen LogP contribution in [0.25, 0.3) is 0 Å². The summed E-state index contributed by atoms with van der Waals surface area (Å²) in [5.74, 6) is -3.01. The van der Waals surface area contributed by atoms with Crippen LogP contribution in [0.2, 0.25) is 0 Å². The summed E-state index contributed by atoms with van der Waals surface area (Å²) in [6, 6.07) is 0. The van der Waals surface area contributed by atoms with Crippen molar-refractivity contribution in [3.8, 4) is 0 Å². The summed E-state index contributed by atoms with van der Waals surface area (Å²) in [5.41, 5.74) is 5.88. The number of carboxylic acid groups (broad SMARTS) is 1. The molecule has 0 aromatic rings. The Morgan fingerprint density at radius 1 is 0.978 bits per heavy atom. The lowest BCUT2D eigenvalue weighted by molar-refractivity contribution is -0.156. The van der Waals surface area contributed by atoms with Crippen LogP contribution in [-0.2, 0) is 19.1 Å². The van der Waals surface area contributed by atoms with E-state index in [1.54, 1.807) is 49.5 Å². The first-order valence-corrected chi connectivity index (χ1v) is 15.6. The average Bonchev–Trinajstić information content (AvgIpc) is 2.99. The molecule has 9 atom stereocenters. The Hall–Kier alpha value is -3.26. The quantitative estimate of drug-likeness (QED) is 0.0486. The van der Waals surface area contributed by atoms with Gasteiger partial charge in [-0.15, -0.1) is 0 Å². The molecule has 0 saturated heterocycles. The van der Waals surface area contributed by atoms with Crippen LogP contribution in [0.1, 0.15) is 59.3 Å². The fourth-order valence-electron chi connectivity index (χ4n) is 4.64. The van der Waals surface area contributed by atoms with Gasteiger partial charge in [-0.25, -0.2) is 9.59 Å². The van der Waals surface area contributed by atoms with Crippen LogP contribution in [-0.4, -0.2) is 91.4 Å². The van der Waals surface area contributed by atoms with Crippen LogP contribution in [0.5, 0.6) is 0 Å². The van der Waals surface area contributed by atoms with E-state index < -0.39 is 72.6 Å². The average molecular weight is 670 g/mol. The molecule has 1 fully saturated rings. The molecular formula is C33H48ClNO11. The summed E-state index contributed by atoms with van der Waals surface area (Å²) in [6.45, 7) is 5.26. The van der Waals surface area contributed by atoms with Crippen molar-refractivity contribution < 1.29 is 54.5 Å². The molecule has 0 aromatic heterocycles. The maximum atomic E-state index is 12.0. The Morgan fingerprint density at radius 3 is 2.24 bits per heavy atom. The zero-order valence-electron chi connectivity index (χ0n) is 26.4. The summed E-state index contributed by atoms with van der Waals surface area (Å²) in [7, 11) is 0. The second kappa shape index (κ2) is 21.5. The third-order valence-electron chi connectivity index (χ3n) is 7.36. The van der Waals surface area contributed by atoms with Crippen molar-refractivity contribution in [2.24, 2.45) is 17.6 Å². The molecule has 8 N–H and O–H groups in total. The summed E-state index contributed by atoms with van der Waals surface area (Å²) in [5, 5.41) is 61.1. The minimum absolute atomic E-state index is 0.0423. The third-order valence-corrected chi connectivity index (χ3v) is 7.83. The number of aliphatic hydroxyl groups is 5. The van der Waals surface area contributed by atoms with Crippen molar-refractivity contribution in [2.45, 2.75) is 102 Å². The van der Waals surface area contributed by atoms with Crippen molar-refractivity contribution in [1.29, 1.82) is 0 Å². The van der Waals surface area contributed by atoms with Gasteiger partial charge in [-0.3, -0.25) is 4.79 Å². The highest BCUT2D eigenvalue weighted by molar-refractivity contribution is 6.30. The number of carbonyl (C=O) groups is 3. The first-order valence-electron chi connectivity index (χ1n) is 15.2. The van der Waals surface area contributed by atoms with Crippen LogP contribution >= 0.6 is 11.6 Å². The number of rotatable bonds is 18. The van der Waals surface area contributed by atoms with E-state index in [0.717, 1.165) is 5.57 Å². The van der Waals surface area contributed by atoms with E-state index in [-0.39, 0.29) is 30.7 Å². The number of aliphatic hydroxyl groups excluding tert-OH is 5. The minimum Gasteiger partial charge on any atom is -0.481 e. The monoisotopic (exact) mass is 669 g/mol. The standard InChI is InChI=1S/C33H48ClNO11/c1-4-5-12-24(45-33(35)44)18-23(36)19-27(38)31(41)30(40)21(3)25(34)13-8-6-10-20(2)11-7-9-14-29(39)46-28-16-15-22(32(42)43)17-26(28)37/h5-14,21-24,26-28,30-31,36-38,40-41H,4,15-19H2,1-3H3,(H2,35,44)(H,42,43)/b8-6+,11-7+,12-5+,14-9+,20-10+,25-13-/t21?,22-,23?,24?,26+,27?,28-,30?,31?/m1/s1. The number of esters is 1. The Bertz CT molecular complexity index is 1160. The molecule has 0 bridgehead atoms. The van der Waals surface area contributed by atoms with Crippen LogP contribution in [0.3, 0.4) is 0 Å². The van der Waals surface area contributed by atoms with E-state index >= 15 is 0 Å². The van der Waals surface area contributed by atoms with Crippen LogP contribution in [0.4, 0.5) is 4.79 Å². The maximum Gasteiger partial charge on any atom is 0.405 e. The van der Waals surface area contributed by atoms with Gasteiger partial charge in [0.1, 0.15) is 18.3 Å². The fourth-order valence-corrected chi connectivity index (χ4v) is 4.85. The van der Waals surface area contributed by atoms with E-state index in [1.165, 1.54) is 18.2 Å². The minimum atomic E-state index is -1.62. The summed E-state index contributed by atoms with van der Waals surface area (Å²) in [6.07, 6.45) is 7.61. The summed E-state index contributed by atoms with van der Waals surface area (Å²) < 4.78 is 10.2. The normalized spacial score (nSPS) is 23.8. The summed E-state index contributed by atoms with van der Waals surface area (Å²) >= 11 is 6.30. The van der Waals surface area contributed by atoms with Gasteiger partial charge in [-0.1, -0.05) is 73.6 Å². The highest BCUT2D eigenvalue weighted by atomic mass is 35.5. The number of carbonyl (C=O) groups excluding carboxylic acids is 2. The molecule has 6 unspecified atom stereocenters. The van der Waals surface area contributed by atoms with Gasteiger partial charge in [-0.05, 0) is 44.8 Å². The molecule has 0 radical (unpaired) electrons. The molecule has 46 heavy (non-hydrogen) atoms. The zero-order valence-corrected chi connectivity index (χ0v) is 27.1. The Balaban J connectivity index is 2.58. The Morgan fingerprint density at radius 2 is 1.63 bits per heavy atom. The summed E-state index contributed by atoms with van der Waals surface area (Å²) in [4.78, 5) is 34.2. The molecule has 1 amide bonds. The number of primary amides is 1. The zero-order chi connectivity index (χ0) is 34.8. The largest absolute Gasteiger partial charge is 0.481 e. The van der Waals surface area contributed by atoms with E-state index in [0.29, 0.717) is 12.8 Å². The molecule has 12 nitrogen and oxygen atoms in total. The SMILES string of the molecule is CC/C=C/C(CC(O)CC(O)C(O)C(O)C(C)/C(Cl)=C/C=C/C=C(C)/C=C/C=C/C(=O)O[C@@H]1CC[C@@H](C(=O)O)C[C@@H]1O)OC(N)=O. The Kier molecular flexibility index (Phi) is 19.1. The number of halogens is 1. The van der Waals surface area contributed by atoms with Gasteiger partial charge in [0.25, 0.3) is 0 Å². The number of amides is 1. The van der Waals surface area contributed by atoms with Crippen LogP contribution < -0.4 is 5.73 Å². The van der Waals surface area contributed by atoms with Gasteiger partial charge in [-0.2, -0.15) is 0 Å². The van der Waals surface area contributed by atoms with Gasteiger partial charge in [0.2, 0.25) is 0 Å². The second-order valence-corrected chi connectivity index (χ2v) is 11.7. The lowest BCUT2D eigenvalue weighted by Crippen LogP contribution is -2.43. The number of hydrogen-bond donors (Lipinski definition) is 7. The number of carboxylic acids is 1. The first kappa shape index (κ1) is 40.8. The molecule has 0 heterocycles. The molecule has 1 aliphatic rings. The van der Waals surface area contributed by atoms with E-state index in [9.17, 15) is 39.9 Å². The van der Waals surface area contributed by atoms with Gasteiger partial charge in [0.05, 0.1) is 30.3 Å². The molecule has 1 aliphatic carbocycles. The van der Waals surface area contributed by atoms with Gasteiger partial charge in [0, 0.05) is 29.9 Å². The number of hydrogen-bond acceptors (Lipinski definition) is 10. The predicted octanol–water partition coefficient (Wildman–Crippen LogP) is 3.17. The van der Waals surface area contributed by atoms with Crippen molar-refractivity contribution >= 4 is 29.6 Å². The van der Waals surface area contributed by atoms with E-state index in [1.807, 2.05) is 13.8 Å². The third kappa shape index (κ3) is 15.8. The smallest absolute Gasteiger partial charge is 0.405 e. The fraction of sp³-hybridized carbons (Fsp3) is 0.545. The number of ether oxygens (including phenoxy) is 2.